The third-order valence-electron chi connectivity index (χ3n) is 4.04. The van der Waals surface area contributed by atoms with Crippen molar-refractivity contribution < 1.29 is 14.0 Å². The van der Waals surface area contributed by atoms with Crippen LogP contribution in [-0.2, 0) is 22.6 Å². The number of amides is 2. The SMILES string of the molecule is C=CCNC(=O)C(Cc1ccccc1)N(Cc1ccc(F)cc1)C(C)=O. The zero-order valence-corrected chi connectivity index (χ0v) is 14.8. The molecule has 2 aromatic carbocycles. The van der Waals surface area contributed by atoms with E-state index in [1.165, 1.54) is 24.0 Å². The van der Waals surface area contributed by atoms with Gasteiger partial charge >= 0.3 is 0 Å². The minimum Gasteiger partial charge on any atom is -0.351 e. The van der Waals surface area contributed by atoms with Crippen molar-refractivity contribution in [1.82, 2.24) is 10.2 Å². The number of benzene rings is 2. The first kappa shape index (κ1) is 19.4. The first-order valence-electron chi connectivity index (χ1n) is 8.45. The van der Waals surface area contributed by atoms with Crippen LogP contribution in [0, 0.1) is 5.82 Å². The van der Waals surface area contributed by atoms with Gasteiger partial charge in [0.15, 0.2) is 0 Å². The molecule has 1 atom stereocenters. The van der Waals surface area contributed by atoms with Crippen LogP contribution in [0.4, 0.5) is 4.39 Å². The highest BCUT2D eigenvalue weighted by Gasteiger charge is 2.28. The fourth-order valence-electron chi connectivity index (χ4n) is 2.70. The largest absolute Gasteiger partial charge is 0.351 e. The van der Waals surface area contributed by atoms with Gasteiger partial charge in [-0.2, -0.15) is 0 Å². The fraction of sp³-hybridized carbons (Fsp3) is 0.238. The van der Waals surface area contributed by atoms with Crippen LogP contribution < -0.4 is 5.32 Å². The molecule has 0 fully saturated rings. The van der Waals surface area contributed by atoms with Crippen molar-refractivity contribution in [1.29, 1.82) is 0 Å². The summed E-state index contributed by atoms with van der Waals surface area (Å²) in [5.74, 6) is -0.803. The van der Waals surface area contributed by atoms with Crippen molar-refractivity contribution in [2.75, 3.05) is 6.54 Å². The van der Waals surface area contributed by atoms with Crippen LogP contribution in [0.5, 0.6) is 0 Å². The molecule has 0 aliphatic carbocycles. The lowest BCUT2D eigenvalue weighted by atomic mass is 10.0. The Bertz CT molecular complexity index is 744. The Kier molecular flexibility index (Phi) is 7.09. The molecule has 26 heavy (non-hydrogen) atoms. The molecular formula is C21H23FN2O2. The minimum atomic E-state index is -0.667. The Morgan fingerprint density at radius 2 is 1.77 bits per heavy atom. The molecule has 1 unspecified atom stereocenters. The van der Waals surface area contributed by atoms with Gasteiger partial charge in [-0.15, -0.1) is 6.58 Å². The van der Waals surface area contributed by atoms with Crippen LogP contribution in [-0.4, -0.2) is 29.3 Å². The van der Waals surface area contributed by atoms with E-state index in [9.17, 15) is 14.0 Å². The lowest BCUT2D eigenvalue weighted by molar-refractivity contribution is -0.139. The second-order valence-corrected chi connectivity index (χ2v) is 6.01. The summed E-state index contributed by atoms with van der Waals surface area (Å²) in [6, 6.07) is 14.8. The van der Waals surface area contributed by atoms with Crippen molar-refractivity contribution in [3.05, 3.63) is 84.2 Å². The number of nitrogens with zero attached hydrogens (tertiary/aromatic N) is 1. The molecule has 0 heterocycles. The first-order chi connectivity index (χ1) is 12.5. The third-order valence-corrected chi connectivity index (χ3v) is 4.04. The Morgan fingerprint density at radius 1 is 1.12 bits per heavy atom. The standard InChI is InChI=1S/C21H23FN2O2/c1-3-13-23-21(26)20(14-17-7-5-4-6-8-17)24(16(2)25)15-18-9-11-19(22)12-10-18/h3-12,20H,1,13-15H2,2H3,(H,23,26). The number of carbonyl (C=O) groups is 2. The van der Waals surface area contributed by atoms with Crippen LogP contribution in [0.25, 0.3) is 0 Å². The number of hydrogen-bond donors (Lipinski definition) is 1. The summed E-state index contributed by atoms with van der Waals surface area (Å²) < 4.78 is 13.1. The fourth-order valence-corrected chi connectivity index (χ4v) is 2.70. The molecule has 0 aliphatic rings. The number of carbonyl (C=O) groups excluding carboxylic acids is 2. The summed E-state index contributed by atoms with van der Waals surface area (Å²) in [5.41, 5.74) is 1.72. The van der Waals surface area contributed by atoms with Gasteiger partial charge in [-0.3, -0.25) is 9.59 Å². The molecule has 0 saturated carbocycles. The molecule has 0 radical (unpaired) electrons. The van der Waals surface area contributed by atoms with E-state index in [4.69, 9.17) is 0 Å². The van der Waals surface area contributed by atoms with E-state index in [1.807, 2.05) is 30.3 Å². The summed E-state index contributed by atoms with van der Waals surface area (Å²) in [6.45, 7) is 5.59. The quantitative estimate of drug-likeness (QED) is 0.741. The summed E-state index contributed by atoms with van der Waals surface area (Å²) >= 11 is 0. The van der Waals surface area contributed by atoms with E-state index in [0.29, 0.717) is 13.0 Å². The van der Waals surface area contributed by atoms with Crippen LogP contribution >= 0.6 is 0 Å². The lowest BCUT2D eigenvalue weighted by Gasteiger charge is -2.30. The number of nitrogens with one attached hydrogen (secondary N) is 1. The van der Waals surface area contributed by atoms with Gasteiger partial charge in [-0.05, 0) is 23.3 Å². The Labute approximate surface area is 153 Å². The van der Waals surface area contributed by atoms with Crippen molar-refractivity contribution in [2.24, 2.45) is 0 Å². The zero-order valence-electron chi connectivity index (χ0n) is 14.8. The van der Waals surface area contributed by atoms with Crippen LogP contribution in [0.15, 0.2) is 67.3 Å². The molecule has 0 bridgehead atoms. The van der Waals surface area contributed by atoms with Crippen molar-refractivity contribution in [2.45, 2.75) is 25.9 Å². The van der Waals surface area contributed by atoms with Gasteiger partial charge in [0, 0.05) is 26.4 Å². The van der Waals surface area contributed by atoms with Crippen LogP contribution in [0.2, 0.25) is 0 Å². The highest BCUT2D eigenvalue weighted by atomic mass is 19.1. The highest BCUT2D eigenvalue weighted by Crippen LogP contribution is 2.15. The average Bonchev–Trinajstić information content (AvgIpc) is 2.64. The predicted molar refractivity (Wildman–Crippen MR) is 99.8 cm³/mol. The molecule has 2 rings (SSSR count). The molecule has 2 aromatic rings. The number of halogens is 1. The summed E-state index contributed by atoms with van der Waals surface area (Å²) in [4.78, 5) is 26.5. The van der Waals surface area contributed by atoms with E-state index in [0.717, 1.165) is 11.1 Å². The molecular weight excluding hydrogens is 331 g/mol. The molecule has 1 N–H and O–H groups in total. The highest BCUT2D eigenvalue weighted by molar-refractivity contribution is 5.87. The van der Waals surface area contributed by atoms with Gasteiger partial charge in [0.2, 0.25) is 11.8 Å². The Hall–Kier alpha value is -2.95. The number of rotatable bonds is 8. The maximum absolute atomic E-state index is 13.1. The molecule has 0 aliphatic heterocycles. The van der Waals surface area contributed by atoms with Gasteiger partial charge in [-0.1, -0.05) is 48.5 Å². The first-order valence-corrected chi connectivity index (χ1v) is 8.45. The topological polar surface area (TPSA) is 49.4 Å². The van der Waals surface area contributed by atoms with Crippen molar-refractivity contribution >= 4 is 11.8 Å². The van der Waals surface area contributed by atoms with Gasteiger partial charge in [-0.25, -0.2) is 4.39 Å². The minimum absolute atomic E-state index is 0.219. The van der Waals surface area contributed by atoms with Gasteiger partial charge < -0.3 is 10.2 Å². The smallest absolute Gasteiger partial charge is 0.243 e. The van der Waals surface area contributed by atoms with Gasteiger partial charge in [0.05, 0.1) is 0 Å². The van der Waals surface area contributed by atoms with Gasteiger partial charge in [0.1, 0.15) is 11.9 Å². The molecule has 5 heteroatoms. The molecule has 136 valence electrons. The van der Waals surface area contributed by atoms with E-state index < -0.39 is 6.04 Å². The molecule has 0 aromatic heterocycles. The summed E-state index contributed by atoms with van der Waals surface area (Å²) in [7, 11) is 0. The Morgan fingerprint density at radius 3 is 2.35 bits per heavy atom. The van der Waals surface area contributed by atoms with E-state index >= 15 is 0 Å². The summed E-state index contributed by atoms with van der Waals surface area (Å²) in [6.07, 6.45) is 1.99. The van der Waals surface area contributed by atoms with Crippen LogP contribution in [0.3, 0.4) is 0 Å². The molecule has 2 amide bonds. The number of hydrogen-bond acceptors (Lipinski definition) is 2. The van der Waals surface area contributed by atoms with E-state index in [1.54, 1.807) is 18.2 Å². The van der Waals surface area contributed by atoms with Crippen molar-refractivity contribution in [3.8, 4) is 0 Å². The molecule has 4 nitrogen and oxygen atoms in total. The lowest BCUT2D eigenvalue weighted by Crippen LogP contribution is -2.49. The second kappa shape index (κ2) is 9.51. The maximum atomic E-state index is 13.1. The van der Waals surface area contributed by atoms with Crippen LogP contribution in [0.1, 0.15) is 18.1 Å². The Balaban J connectivity index is 2.27. The van der Waals surface area contributed by atoms with E-state index in [-0.39, 0.29) is 24.2 Å². The zero-order chi connectivity index (χ0) is 18.9. The van der Waals surface area contributed by atoms with E-state index in [2.05, 4.69) is 11.9 Å². The monoisotopic (exact) mass is 354 g/mol. The summed E-state index contributed by atoms with van der Waals surface area (Å²) in [5, 5.41) is 2.77. The normalized spacial score (nSPS) is 11.5. The average molecular weight is 354 g/mol. The second-order valence-electron chi connectivity index (χ2n) is 6.01. The van der Waals surface area contributed by atoms with Crippen molar-refractivity contribution in [3.63, 3.8) is 0 Å². The molecule has 0 spiro atoms. The van der Waals surface area contributed by atoms with Gasteiger partial charge in [0.25, 0.3) is 0 Å². The molecule has 0 saturated heterocycles. The third kappa shape index (κ3) is 5.55. The maximum Gasteiger partial charge on any atom is 0.243 e. The predicted octanol–water partition coefficient (Wildman–Crippen LogP) is 3.09.